The first-order valence-corrected chi connectivity index (χ1v) is 6.70. The number of hydrogen-bond acceptors (Lipinski definition) is 1. The van der Waals surface area contributed by atoms with Gasteiger partial charge in [-0.1, -0.05) is 25.1 Å². The molecule has 2 rings (SSSR count). The van der Waals surface area contributed by atoms with Crippen LogP contribution in [0.25, 0.3) is 0 Å². The average molecular weight is 261 g/mol. The van der Waals surface area contributed by atoms with Crippen molar-refractivity contribution >= 4 is 5.91 Å². The van der Waals surface area contributed by atoms with E-state index < -0.39 is 0 Å². The van der Waals surface area contributed by atoms with Crippen molar-refractivity contribution in [3.05, 3.63) is 48.3 Å². The van der Waals surface area contributed by atoms with E-state index >= 15 is 0 Å². The third-order valence-electron chi connectivity index (χ3n) is 3.84. The molecule has 0 saturated carbocycles. The van der Waals surface area contributed by atoms with Gasteiger partial charge in [-0.05, 0) is 37.0 Å². The second-order valence-corrected chi connectivity index (χ2v) is 5.51. The number of rotatable bonds is 4. The lowest BCUT2D eigenvalue weighted by atomic mass is 9.78. The van der Waals surface area contributed by atoms with Gasteiger partial charge in [-0.3, -0.25) is 4.79 Å². The zero-order valence-corrected chi connectivity index (χ0v) is 11.4. The maximum atomic E-state index is 12.9. The molecule has 1 aliphatic heterocycles. The molecule has 0 aliphatic carbocycles. The van der Waals surface area contributed by atoms with Crippen LogP contribution in [0.4, 0.5) is 4.39 Å². The van der Waals surface area contributed by atoms with Gasteiger partial charge in [-0.15, -0.1) is 6.58 Å². The Morgan fingerprint density at radius 3 is 2.74 bits per heavy atom. The van der Waals surface area contributed by atoms with Crippen LogP contribution in [0.2, 0.25) is 0 Å². The SMILES string of the molecule is C=CC[C@]1(C)CCCN(Cc2ccc(F)cc2)C1=O. The summed E-state index contributed by atoms with van der Waals surface area (Å²) in [6, 6.07) is 6.35. The summed E-state index contributed by atoms with van der Waals surface area (Å²) in [4.78, 5) is 14.4. The highest BCUT2D eigenvalue weighted by molar-refractivity contribution is 5.83. The van der Waals surface area contributed by atoms with Crippen molar-refractivity contribution in [2.45, 2.75) is 32.7 Å². The van der Waals surface area contributed by atoms with Gasteiger partial charge in [0.25, 0.3) is 0 Å². The van der Waals surface area contributed by atoms with Gasteiger partial charge in [0.1, 0.15) is 5.82 Å². The molecular weight excluding hydrogens is 241 g/mol. The zero-order valence-electron chi connectivity index (χ0n) is 11.4. The van der Waals surface area contributed by atoms with Gasteiger partial charge in [0.05, 0.1) is 5.41 Å². The van der Waals surface area contributed by atoms with Crippen molar-refractivity contribution in [1.29, 1.82) is 0 Å². The molecule has 1 saturated heterocycles. The number of likely N-dealkylation sites (tertiary alicyclic amines) is 1. The zero-order chi connectivity index (χ0) is 13.9. The Hall–Kier alpha value is -1.64. The number of benzene rings is 1. The third-order valence-corrected chi connectivity index (χ3v) is 3.84. The van der Waals surface area contributed by atoms with Gasteiger partial charge >= 0.3 is 0 Å². The van der Waals surface area contributed by atoms with E-state index in [0.717, 1.165) is 24.9 Å². The fourth-order valence-electron chi connectivity index (χ4n) is 2.72. The molecule has 1 aromatic rings. The Labute approximate surface area is 113 Å². The fourth-order valence-corrected chi connectivity index (χ4v) is 2.72. The predicted octanol–water partition coefficient (Wildman–Crippen LogP) is 3.53. The lowest BCUT2D eigenvalue weighted by Crippen LogP contribution is -2.46. The topological polar surface area (TPSA) is 20.3 Å². The van der Waals surface area contributed by atoms with Crippen LogP contribution in [0.15, 0.2) is 36.9 Å². The van der Waals surface area contributed by atoms with E-state index in [2.05, 4.69) is 6.58 Å². The maximum absolute atomic E-state index is 12.9. The molecule has 0 spiro atoms. The standard InChI is InChI=1S/C16H20FNO/c1-3-9-16(2)10-4-11-18(15(16)19)12-13-5-7-14(17)8-6-13/h3,5-8H,1,4,9-12H2,2H3/t16-/m1/s1. The van der Waals surface area contributed by atoms with Crippen LogP contribution in [0.5, 0.6) is 0 Å². The first-order chi connectivity index (χ1) is 9.05. The number of nitrogens with zero attached hydrogens (tertiary/aromatic N) is 1. The monoisotopic (exact) mass is 261 g/mol. The molecule has 3 heteroatoms. The van der Waals surface area contributed by atoms with Crippen LogP contribution < -0.4 is 0 Å². The highest BCUT2D eigenvalue weighted by Gasteiger charge is 2.38. The van der Waals surface area contributed by atoms with Crippen molar-refractivity contribution in [3.8, 4) is 0 Å². The van der Waals surface area contributed by atoms with E-state index in [4.69, 9.17) is 0 Å². The number of hydrogen-bond donors (Lipinski definition) is 0. The molecule has 0 unspecified atom stereocenters. The fraction of sp³-hybridized carbons (Fsp3) is 0.438. The van der Waals surface area contributed by atoms with Crippen LogP contribution in [0, 0.1) is 11.2 Å². The summed E-state index contributed by atoms with van der Waals surface area (Å²) in [5, 5.41) is 0. The van der Waals surface area contributed by atoms with Crippen molar-refractivity contribution in [1.82, 2.24) is 4.90 Å². The van der Waals surface area contributed by atoms with Crippen LogP contribution in [0.1, 0.15) is 31.7 Å². The number of allylic oxidation sites excluding steroid dienone is 1. The molecule has 19 heavy (non-hydrogen) atoms. The smallest absolute Gasteiger partial charge is 0.229 e. The summed E-state index contributed by atoms with van der Waals surface area (Å²) in [6.07, 6.45) is 4.46. The molecule has 1 heterocycles. The van der Waals surface area contributed by atoms with Gasteiger partial charge in [-0.2, -0.15) is 0 Å². The Balaban J connectivity index is 2.09. The van der Waals surface area contributed by atoms with E-state index in [9.17, 15) is 9.18 Å². The molecule has 102 valence electrons. The molecule has 1 aliphatic rings. The first-order valence-electron chi connectivity index (χ1n) is 6.70. The normalized spacial score (nSPS) is 23.5. The summed E-state index contributed by atoms with van der Waals surface area (Å²) >= 11 is 0. The molecular formula is C16H20FNO. The Morgan fingerprint density at radius 1 is 1.42 bits per heavy atom. The van der Waals surface area contributed by atoms with Gasteiger partial charge in [0, 0.05) is 13.1 Å². The second-order valence-electron chi connectivity index (χ2n) is 5.51. The summed E-state index contributed by atoms with van der Waals surface area (Å²) in [5.41, 5.74) is 0.651. The van der Waals surface area contributed by atoms with Crippen LogP contribution in [-0.2, 0) is 11.3 Å². The molecule has 1 atom stereocenters. The van der Waals surface area contributed by atoms with Crippen LogP contribution in [0.3, 0.4) is 0 Å². The summed E-state index contributed by atoms with van der Waals surface area (Å²) in [5.74, 6) is -0.0619. The Morgan fingerprint density at radius 2 is 2.11 bits per heavy atom. The van der Waals surface area contributed by atoms with Gasteiger partial charge in [0.15, 0.2) is 0 Å². The highest BCUT2D eigenvalue weighted by Crippen LogP contribution is 2.35. The van der Waals surface area contributed by atoms with Crippen molar-refractivity contribution in [3.63, 3.8) is 0 Å². The van der Waals surface area contributed by atoms with E-state index in [-0.39, 0.29) is 17.1 Å². The Bertz CT molecular complexity index is 468. The molecule has 0 N–H and O–H groups in total. The van der Waals surface area contributed by atoms with Gasteiger partial charge in [-0.25, -0.2) is 4.39 Å². The number of halogens is 1. The van der Waals surface area contributed by atoms with E-state index in [1.165, 1.54) is 12.1 Å². The van der Waals surface area contributed by atoms with Crippen molar-refractivity contribution in [2.75, 3.05) is 6.54 Å². The highest BCUT2D eigenvalue weighted by atomic mass is 19.1. The molecule has 1 fully saturated rings. The lowest BCUT2D eigenvalue weighted by molar-refractivity contribution is -0.145. The second kappa shape index (κ2) is 5.55. The lowest BCUT2D eigenvalue weighted by Gasteiger charge is -2.39. The minimum absolute atomic E-state index is 0.183. The summed E-state index contributed by atoms with van der Waals surface area (Å²) < 4.78 is 12.9. The largest absolute Gasteiger partial charge is 0.338 e. The summed E-state index contributed by atoms with van der Waals surface area (Å²) in [6.45, 7) is 7.09. The van der Waals surface area contributed by atoms with Crippen molar-refractivity contribution < 1.29 is 9.18 Å². The molecule has 0 aromatic heterocycles. The van der Waals surface area contributed by atoms with E-state index in [0.29, 0.717) is 13.0 Å². The maximum Gasteiger partial charge on any atom is 0.229 e. The molecule has 2 nitrogen and oxygen atoms in total. The van der Waals surface area contributed by atoms with E-state index in [1.807, 2.05) is 17.9 Å². The summed E-state index contributed by atoms with van der Waals surface area (Å²) in [7, 11) is 0. The first kappa shape index (κ1) is 13.8. The Kier molecular flexibility index (Phi) is 4.03. The number of piperidine rings is 1. The number of amides is 1. The minimum Gasteiger partial charge on any atom is -0.338 e. The molecule has 0 bridgehead atoms. The number of carbonyl (C=O) groups is 1. The van der Waals surface area contributed by atoms with Crippen LogP contribution in [-0.4, -0.2) is 17.4 Å². The quantitative estimate of drug-likeness (QED) is 0.759. The van der Waals surface area contributed by atoms with Gasteiger partial charge in [0.2, 0.25) is 5.91 Å². The van der Waals surface area contributed by atoms with E-state index in [1.54, 1.807) is 12.1 Å². The van der Waals surface area contributed by atoms with Gasteiger partial charge < -0.3 is 4.90 Å². The van der Waals surface area contributed by atoms with Crippen LogP contribution >= 0.6 is 0 Å². The molecule has 0 radical (unpaired) electrons. The number of carbonyl (C=O) groups excluding carboxylic acids is 1. The third kappa shape index (κ3) is 3.03. The average Bonchev–Trinajstić information content (AvgIpc) is 2.38. The molecule has 1 amide bonds. The minimum atomic E-state index is -0.319. The predicted molar refractivity (Wildman–Crippen MR) is 74.0 cm³/mol. The van der Waals surface area contributed by atoms with Crippen molar-refractivity contribution in [2.24, 2.45) is 5.41 Å². The molecule has 1 aromatic carbocycles.